The number of methoxy groups -OCH3 is 1. The van der Waals surface area contributed by atoms with E-state index in [1.807, 2.05) is 0 Å². The van der Waals surface area contributed by atoms with Gasteiger partial charge in [0, 0.05) is 10.7 Å². The van der Waals surface area contributed by atoms with Crippen molar-refractivity contribution in [1.82, 2.24) is 4.98 Å². The number of carboxylic acid groups (broad SMARTS) is 1. The van der Waals surface area contributed by atoms with E-state index >= 15 is 0 Å². The Balaban J connectivity index is 2.37. The zero-order valence-electron chi connectivity index (χ0n) is 10.8. The Morgan fingerprint density at radius 3 is 2.67 bits per heavy atom. The van der Waals surface area contributed by atoms with Gasteiger partial charge in [0.15, 0.2) is 0 Å². The quantitative estimate of drug-likeness (QED) is 0.743. The molecule has 7 nitrogen and oxygen atoms in total. The van der Waals surface area contributed by atoms with Crippen molar-refractivity contribution in [2.75, 3.05) is 11.8 Å². The third-order valence-electron chi connectivity index (χ3n) is 2.60. The topological polar surface area (TPSA) is 108 Å². The molecular formula is C12H11BrN2O5S. The summed E-state index contributed by atoms with van der Waals surface area (Å²) in [5, 5.41) is 8.80. The molecule has 1 heterocycles. The van der Waals surface area contributed by atoms with E-state index in [9.17, 15) is 13.2 Å². The van der Waals surface area contributed by atoms with Crippen molar-refractivity contribution in [3.63, 3.8) is 0 Å². The Bertz CT molecular complexity index is 785. The maximum Gasteiger partial charge on any atom is 0.352 e. The summed E-state index contributed by atoms with van der Waals surface area (Å²) in [6.45, 7) is 0. The number of sulfonamides is 1. The Morgan fingerprint density at radius 1 is 1.38 bits per heavy atom. The molecule has 0 saturated carbocycles. The number of hydrogen-bond acceptors (Lipinski definition) is 4. The standard InChI is InChI=1S/C12H11BrN2O5S/c1-20-11-3-2-7(13)4-9(11)15-21(18,19)8-5-10(12(16)17)14-6-8/h2-6,14-15H,1H3,(H,16,17). The molecule has 0 aliphatic heterocycles. The number of halogens is 1. The fourth-order valence-electron chi connectivity index (χ4n) is 1.62. The molecule has 21 heavy (non-hydrogen) atoms. The average molecular weight is 375 g/mol. The molecule has 0 amide bonds. The molecular weight excluding hydrogens is 364 g/mol. The molecule has 2 rings (SSSR count). The minimum absolute atomic E-state index is 0.179. The van der Waals surface area contributed by atoms with Gasteiger partial charge in [-0.25, -0.2) is 13.2 Å². The molecule has 2 aromatic rings. The first-order chi connectivity index (χ1) is 9.83. The average Bonchev–Trinajstić information content (AvgIpc) is 2.89. The zero-order chi connectivity index (χ0) is 15.6. The van der Waals surface area contributed by atoms with E-state index in [-0.39, 0.29) is 16.3 Å². The van der Waals surface area contributed by atoms with E-state index in [2.05, 4.69) is 25.6 Å². The van der Waals surface area contributed by atoms with Gasteiger partial charge in [-0.15, -0.1) is 0 Å². The van der Waals surface area contributed by atoms with Crippen molar-refractivity contribution in [3.8, 4) is 5.75 Å². The van der Waals surface area contributed by atoms with Gasteiger partial charge in [-0.1, -0.05) is 15.9 Å². The van der Waals surface area contributed by atoms with Gasteiger partial charge in [-0.2, -0.15) is 0 Å². The summed E-state index contributed by atoms with van der Waals surface area (Å²) >= 11 is 3.24. The van der Waals surface area contributed by atoms with E-state index in [0.717, 1.165) is 12.3 Å². The second kappa shape index (κ2) is 5.78. The fourth-order valence-corrected chi connectivity index (χ4v) is 3.03. The highest BCUT2D eigenvalue weighted by atomic mass is 79.9. The monoisotopic (exact) mass is 374 g/mol. The Labute approximate surface area is 129 Å². The molecule has 1 aromatic carbocycles. The zero-order valence-corrected chi connectivity index (χ0v) is 13.2. The molecule has 0 aliphatic carbocycles. The molecule has 0 bridgehead atoms. The van der Waals surface area contributed by atoms with E-state index in [0.29, 0.717) is 10.2 Å². The summed E-state index contributed by atoms with van der Waals surface area (Å²) in [6, 6.07) is 5.88. The van der Waals surface area contributed by atoms with E-state index in [1.165, 1.54) is 7.11 Å². The highest BCUT2D eigenvalue weighted by molar-refractivity contribution is 9.10. The van der Waals surface area contributed by atoms with Crippen LogP contribution < -0.4 is 9.46 Å². The predicted molar refractivity (Wildman–Crippen MR) is 79.3 cm³/mol. The van der Waals surface area contributed by atoms with Gasteiger partial charge in [0.05, 0.1) is 12.8 Å². The SMILES string of the molecule is COc1ccc(Br)cc1NS(=O)(=O)c1c[nH]c(C(=O)O)c1. The van der Waals surface area contributed by atoms with Crippen molar-refractivity contribution < 1.29 is 23.1 Å². The van der Waals surface area contributed by atoms with Crippen LogP contribution >= 0.6 is 15.9 Å². The van der Waals surface area contributed by atoms with Gasteiger partial charge in [-0.05, 0) is 24.3 Å². The van der Waals surface area contributed by atoms with Crippen molar-refractivity contribution in [1.29, 1.82) is 0 Å². The molecule has 0 saturated heterocycles. The van der Waals surface area contributed by atoms with Crippen LogP contribution in [0.3, 0.4) is 0 Å². The Hall–Kier alpha value is -2.00. The second-order valence-electron chi connectivity index (χ2n) is 4.00. The fraction of sp³-hybridized carbons (Fsp3) is 0.0833. The molecule has 1 aromatic heterocycles. The summed E-state index contributed by atoms with van der Waals surface area (Å²) in [4.78, 5) is 13.0. The lowest BCUT2D eigenvalue weighted by molar-refractivity contribution is 0.0691. The number of anilines is 1. The number of aromatic amines is 1. The van der Waals surface area contributed by atoms with Gasteiger partial charge in [-0.3, -0.25) is 4.72 Å². The summed E-state index contributed by atoms with van der Waals surface area (Å²) in [7, 11) is -2.50. The number of carboxylic acids is 1. The summed E-state index contributed by atoms with van der Waals surface area (Å²) in [5.41, 5.74) is 0.0292. The lowest BCUT2D eigenvalue weighted by atomic mass is 10.3. The number of benzene rings is 1. The van der Waals surface area contributed by atoms with Gasteiger partial charge in [0.1, 0.15) is 16.3 Å². The Morgan fingerprint density at radius 2 is 2.10 bits per heavy atom. The van der Waals surface area contributed by atoms with Crippen molar-refractivity contribution >= 4 is 37.6 Å². The molecule has 9 heteroatoms. The molecule has 0 atom stereocenters. The number of aromatic nitrogens is 1. The second-order valence-corrected chi connectivity index (χ2v) is 6.60. The number of rotatable bonds is 5. The highest BCUT2D eigenvalue weighted by Gasteiger charge is 2.20. The first-order valence-electron chi connectivity index (χ1n) is 5.61. The van der Waals surface area contributed by atoms with Crippen LogP contribution in [0.2, 0.25) is 0 Å². The molecule has 0 unspecified atom stereocenters. The number of H-pyrrole nitrogens is 1. The maximum absolute atomic E-state index is 12.2. The van der Waals surface area contributed by atoms with Crippen LogP contribution in [0.1, 0.15) is 10.5 Å². The molecule has 112 valence electrons. The third-order valence-corrected chi connectivity index (χ3v) is 4.44. The smallest absolute Gasteiger partial charge is 0.352 e. The maximum atomic E-state index is 12.2. The van der Waals surface area contributed by atoms with Crippen molar-refractivity contribution in [2.24, 2.45) is 0 Å². The third kappa shape index (κ3) is 3.37. The number of hydrogen-bond donors (Lipinski definition) is 3. The van der Waals surface area contributed by atoms with Crippen LogP contribution in [0.15, 0.2) is 39.8 Å². The minimum atomic E-state index is -3.92. The van der Waals surface area contributed by atoms with Gasteiger partial charge in [0.25, 0.3) is 10.0 Å². The van der Waals surface area contributed by atoms with E-state index in [1.54, 1.807) is 18.2 Å². The van der Waals surface area contributed by atoms with Crippen LogP contribution in [-0.2, 0) is 10.0 Å². The van der Waals surface area contributed by atoms with Crippen LogP contribution in [0.5, 0.6) is 5.75 Å². The van der Waals surface area contributed by atoms with Crippen molar-refractivity contribution in [3.05, 3.63) is 40.6 Å². The number of aromatic carboxylic acids is 1. The summed E-state index contributed by atoms with van der Waals surface area (Å²) < 4.78 is 32.5. The molecule has 0 fully saturated rings. The van der Waals surface area contributed by atoms with Gasteiger partial charge < -0.3 is 14.8 Å². The number of nitrogens with one attached hydrogen (secondary N) is 2. The van der Waals surface area contributed by atoms with Crippen molar-refractivity contribution in [2.45, 2.75) is 4.90 Å². The first kappa shape index (κ1) is 15.4. The highest BCUT2D eigenvalue weighted by Crippen LogP contribution is 2.30. The molecule has 0 spiro atoms. The Kier molecular flexibility index (Phi) is 4.24. The van der Waals surface area contributed by atoms with Crippen LogP contribution in [0, 0.1) is 0 Å². The lowest BCUT2D eigenvalue weighted by Crippen LogP contribution is -2.13. The summed E-state index contributed by atoms with van der Waals surface area (Å²) in [6.07, 6.45) is 1.11. The predicted octanol–water partition coefficient (Wildman–Crippen LogP) is 2.28. The van der Waals surface area contributed by atoms with Crippen LogP contribution in [-0.4, -0.2) is 31.6 Å². The molecule has 3 N–H and O–H groups in total. The van der Waals surface area contributed by atoms with Crippen LogP contribution in [0.4, 0.5) is 5.69 Å². The first-order valence-corrected chi connectivity index (χ1v) is 7.89. The molecule has 0 radical (unpaired) electrons. The largest absolute Gasteiger partial charge is 0.495 e. The molecule has 0 aliphatic rings. The van der Waals surface area contributed by atoms with Gasteiger partial charge >= 0.3 is 5.97 Å². The van der Waals surface area contributed by atoms with E-state index in [4.69, 9.17) is 9.84 Å². The van der Waals surface area contributed by atoms with E-state index < -0.39 is 16.0 Å². The minimum Gasteiger partial charge on any atom is -0.495 e. The lowest BCUT2D eigenvalue weighted by Gasteiger charge is -2.11. The normalized spacial score (nSPS) is 11.1. The summed E-state index contributed by atoms with van der Waals surface area (Å²) in [5.74, 6) is -0.896. The van der Waals surface area contributed by atoms with Gasteiger partial charge in [0.2, 0.25) is 0 Å². The van der Waals surface area contributed by atoms with Crippen LogP contribution in [0.25, 0.3) is 0 Å². The number of ether oxygens (including phenoxy) is 1. The number of carbonyl (C=O) groups is 1.